The molecule has 3 fully saturated rings. The maximum Gasteiger partial charge on any atom is 0.271 e. The first kappa shape index (κ1) is 14.8. The second kappa shape index (κ2) is 7.25. The van der Waals surface area contributed by atoms with Crippen molar-refractivity contribution in [2.75, 3.05) is 39.6 Å². The summed E-state index contributed by atoms with van der Waals surface area (Å²) >= 11 is 0. The van der Waals surface area contributed by atoms with Crippen LogP contribution < -0.4 is 0 Å². The molecule has 3 heterocycles. The molecule has 6 nitrogen and oxygen atoms in total. The van der Waals surface area contributed by atoms with Crippen molar-refractivity contribution >= 4 is 0 Å². The van der Waals surface area contributed by atoms with Crippen LogP contribution in [-0.2, 0) is 14.2 Å². The Morgan fingerprint density at radius 3 is 1.41 bits per heavy atom. The van der Waals surface area contributed by atoms with Gasteiger partial charge in [0.25, 0.3) is 6.48 Å². The summed E-state index contributed by atoms with van der Waals surface area (Å²) in [4.78, 5) is 0. The zero-order chi connectivity index (χ0) is 12.7. The van der Waals surface area contributed by atoms with Gasteiger partial charge in [-0.1, -0.05) is 6.92 Å². The molecule has 6 heteroatoms. The van der Waals surface area contributed by atoms with E-state index in [1.54, 1.807) is 0 Å². The van der Waals surface area contributed by atoms with Crippen LogP contribution in [0.25, 0.3) is 0 Å². The Kier molecular flexibility index (Phi) is 6.32. The Hall–Kier alpha value is -0.240. The van der Waals surface area contributed by atoms with E-state index < -0.39 is 5.41 Å². The van der Waals surface area contributed by atoms with Gasteiger partial charge in [0.15, 0.2) is 0 Å². The fraction of sp³-hybridized carbons (Fsp3) is 1.00. The van der Waals surface area contributed by atoms with Crippen LogP contribution in [-0.4, -0.2) is 61.4 Å². The van der Waals surface area contributed by atoms with Crippen LogP contribution >= 0.6 is 0 Å². The van der Waals surface area contributed by atoms with Crippen LogP contribution in [0.1, 0.15) is 13.3 Å². The highest BCUT2D eigenvalue weighted by atomic mass is 16.9. The second-order valence-corrected chi connectivity index (χ2v) is 4.48. The van der Waals surface area contributed by atoms with Gasteiger partial charge in [0, 0.05) is 11.3 Å². The molecule has 3 rings (SSSR count). The van der Waals surface area contributed by atoms with Gasteiger partial charge in [-0.15, -0.1) is 0 Å². The minimum absolute atomic E-state index is 0.156. The van der Waals surface area contributed by atoms with Crippen molar-refractivity contribution in [2.45, 2.75) is 19.8 Å². The lowest BCUT2D eigenvalue weighted by Crippen LogP contribution is -2.43. The van der Waals surface area contributed by atoms with Gasteiger partial charge in [-0.05, 0) is 6.42 Å². The molecule has 0 amide bonds. The third kappa shape index (κ3) is 4.17. The maximum atomic E-state index is 8.66. The summed E-state index contributed by atoms with van der Waals surface area (Å²) in [7, 11) is 0. The highest BCUT2D eigenvalue weighted by Gasteiger charge is 2.29. The Labute approximate surface area is 101 Å². The fourth-order valence-corrected chi connectivity index (χ4v) is 1.42. The van der Waals surface area contributed by atoms with Gasteiger partial charge < -0.3 is 29.5 Å². The molecule has 3 aliphatic rings. The molecule has 0 spiro atoms. The smallest absolute Gasteiger partial charge is 0.271 e. The van der Waals surface area contributed by atoms with E-state index in [4.69, 9.17) is 29.5 Å². The van der Waals surface area contributed by atoms with E-state index in [0.29, 0.717) is 12.3 Å². The van der Waals surface area contributed by atoms with Gasteiger partial charge in [-0.2, -0.15) is 0 Å². The minimum Gasteiger partial charge on any atom is -0.396 e. The van der Waals surface area contributed by atoms with Gasteiger partial charge >= 0.3 is 0 Å². The highest BCUT2D eigenvalue weighted by Crippen LogP contribution is 2.19. The third-order valence-corrected chi connectivity index (χ3v) is 3.16. The van der Waals surface area contributed by atoms with Crippen molar-refractivity contribution in [3.63, 3.8) is 0 Å². The zero-order valence-electron chi connectivity index (χ0n) is 10.2. The normalized spacial score (nSPS) is 27.5. The molecule has 0 aromatic carbocycles. The van der Waals surface area contributed by atoms with Crippen LogP contribution in [0.4, 0.5) is 0 Å². The monoisotopic (exact) mass is 250 g/mol. The summed E-state index contributed by atoms with van der Waals surface area (Å²) in [5.74, 6) is 0.486. The molecule has 0 aliphatic carbocycles. The van der Waals surface area contributed by atoms with Gasteiger partial charge in [0.05, 0.1) is 39.6 Å². The van der Waals surface area contributed by atoms with Crippen LogP contribution in [0.3, 0.4) is 0 Å². The largest absolute Gasteiger partial charge is 0.396 e. The molecule has 0 aromatic heterocycles. The van der Waals surface area contributed by atoms with Gasteiger partial charge in [0.2, 0.25) is 0 Å². The predicted molar refractivity (Wildman–Crippen MR) is 59.1 cm³/mol. The van der Waals surface area contributed by atoms with Crippen molar-refractivity contribution < 1.29 is 29.5 Å². The maximum absolute atomic E-state index is 8.66. The predicted octanol–water partition coefficient (Wildman–Crippen LogP) is -0.677. The van der Waals surface area contributed by atoms with E-state index in [1.807, 2.05) is 6.92 Å². The van der Waals surface area contributed by atoms with Gasteiger partial charge in [-0.3, -0.25) is 0 Å². The molecule has 102 valence electrons. The van der Waals surface area contributed by atoms with Crippen LogP contribution in [0.5, 0.6) is 0 Å². The lowest BCUT2D eigenvalue weighted by molar-refractivity contribution is -0.368. The number of aliphatic hydroxyl groups excluding tert-OH is 3. The molecule has 2 bridgehead atoms. The molecule has 3 N–H and O–H groups in total. The van der Waals surface area contributed by atoms with E-state index in [-0.39, 0.29) is 26.3 Å². The van der Waals surface area contributed by atoms with E-state index >= 15 is 0 Å². The average Bonchev–Trinajstić information content (AvgIpc) is 2.45. The Morgan fingerprint density at radius 2 is 1.35 bits per heavy atom. The lowest BCUT2D eigenvalue weighted by Gasteiger charge is -2.35. The number of hydrogen-bond donors (Lipinski definition) is 3. The molecule has 0 saturated carbocycles. The second-order valence-electron chi connectivity index (χ2n) is 4.48. The van der Waals surface area contributed by atoms with Crippen molar-refractivity contribution in [1.82, 2.24) is 0 Å². The first-order valence-corrected chi connectivity index (χ1v) is 5.87. The summed E-state index contributed by atoms with van der Waals surface area (Å²) in [5.41, 5.74) is -0.667. The number of ether oxygens (including phenoxy) is 3. The minimum atomic E-state index is -0.667. The Balaban J connectivity index is 0.000000170. The summed E-state index contributed by atoms with van der Waals surface area (Å²) in [6.07, 6.45) is 0.594. The quantitative estimate of drug-likeness (QED) is 0.613. The van der Waals surface area contributed by atoms with Crippen LogP contribution in [0.2, 0.25) is 0 Å². The molecule has 0 atom stereocenters. The molecule has 17 heavy (non-hydrogen) atoms. The van der Waals surface area contributed by atoms with Crippen molar-refractivity contribution in [3.05, 3.63) is 0 Å². The molecule has 0 unspecified atom stereocenters. The van der Waals surface area contributed by atoms with E-state index in [9.17, 15) is 0 Å². The lowest BCUT2D eigenvalue weighted by atomic mass is 9.88. The highest BCUT2D eigenvalue weighted by molar-refractivity contribution is 4.74. The van der Waals surface area contributed by atoms with E-state index in [1.165, 1.54) is 0 Å². The summed E-state index contributed by atoms with van der Waals surface area (Å²) in [5, 5.41) is 26.0. The van der Waals surface area contributed by atoms with E-state index in [0.717, 1.165) is 19.8 Å². The number of fused-ring (bicyclic) bond motifs is 3. The van der Waals surface area contributed by atoms with Gasteiger partial charge in [0.1, 0.15) is 0 Å². The van der Waals surface area contributed by atoms with E-state index in [2.05, 4.69) is 0 Å². The van der Waals surface area contributed by atoms with Crippen LogP contribution in [0.15, 0.2) is 0 Å². The SMILES string of the molecule is C1OC2OCC1CO2.CCC(CO)(CO)CO. The van der Waals surface area contributed by atoms with Gasteiger partial charge in [-0.25, -0.2) is 0 Å². The number of aliphatic hydroxyl groups is 3. The van der Waals surface area contributed by atoms with Crippen LogP contribution in [0, 0.1) is 11.3 Å². The molecule has 3 saturated heterocycles. The summed E-state index contributed by atoms with van der Waals surface area (Å²) < 4.78 is 15.1. The number of rotatable bonds is 4. The fourth-order valence-electron chi connectivity index (χ4n) is 1.42. The van der Waals surface area contributed by atoms with Crippen molar-refractivity contribution in [1.29, 1.82) is 0 Å². The summed E-state index contributed by atoms with van der Waals surface area (Å²) in [6.45, 7) is 3.44. The Morgan fingerprint density at radius 1 is 0.941 bits per heavy atom. The molecule has 3 aliphatic heterocycles. The third-order valence-electron chi connectivity index (χ3n) is 3.16. The molecular formula is C11H22O6. The topological polar surface area (TPSA) is 88.4 Å². The Bertz CT molecular complexity index is 158. The van der Waals surface area contributed by atoms with Crippen molar-refractivity contribution in [3.8, 4) is 0 Å². The average molecular weight is 250 g/mol. The zero-order valence-corrected chi connectivity index (χ0v) is 10.2. The first-order valence-electron chi connectivity index (χ1n) is 5.87. The molecule has 0 radical (unpaired) electrons. The van der Waals surface area contributed by atoms with Crippen molar-refractivity contribution in [2.24, 2.45) is 11.3 Å². The summed E-state index contributed by atoms with van der Waals surface area (Å²) in [6, 6.07) is 0. The molecular weight excluding hydrogens is 228 g/mol. The molecule has 0 aromatic rings. The standard InChI is InChI=1S/C6H14O3.C5H8O3/c1-2-6(3-7,4-8)5-9;1-4-2-7-5(6-1)8-3-4/h7-9H,2-5H2,1H3;4-5H,1-3H2. The number of hydrogen-bond acceptors (Lipinski definition) is 6. The first-order chi connectivity index (χ1) is 8.19.